The molecule has 1 aliphatic rings. The highest BCUT2D eigenvalue weighted by Crippen LogP contribution is 2.31. The van der Waals surface area contributed by atoms with Crippen LogP contribution in [0.1, 0.15) is 12.0 Å². The number of anilines is 2. The van der Waals surface area contributed by atoms with Crippen LogP contribution in [0.25, 0.3) is 0 Å². The molecule has 110 valence electrons. The topological polar surface area (TPSA) is 29.3 Å². The van der Waals surface area contributed by atoms with Gasteiger partial charge in [0.2, 0.25) is 0 Å². The van der Waals surface area contributed by atoms with Gasteiger partial charge in [-0.2, -0.15) is 0 Å². The van der Waals surface area contributed by atoms with Crippen LogP contribution < -0.4 is 10.6 Å². The van der Waals surface area contributed by atoms with E-state index in [0.717, 1.165) is 42.3 Å². The summed E-state index contributed by atoms with van der Waals surface area (Å²) in [6.07, 6.45) is 2.23. The molecular formula is C17H19FN2S. The molecule has 0 spiro atoms. The number of benzene rings is 2. The van der Waals surface area contributed by atoms with Gasteiger partial charge in [0, 0.05) is 35.1 Å². The molecule has 2 aromatic rings. The van der Waals surface area contributed by atoms with Crippen LogP contribution in [0.2, 0.25) is 0 Å². The van der Waals surface area contributed by atoms with E-state index < -0.39 is 0 Å². The normalized spacial score (nSPS) is 14.0. The Morgan fingerprint density at radius 1 is 1.14 bits per heavy atom. The molecule has 0 saturated carbocycles. The molecule has 21 heavy (non-hydrogen) atoms. The molecule has 1 heterocycles. The van der Waals surface area contributed by atoms with Gasteiger partial charge in [-0.3, -0.25) is 0 Å². The summed E-state index contributed by atoms with van der Waals surface area (Å²) >= 11 is 1.76. The SMILES string of the molecule is Nc1cccc2c1CCCN2CCSc1ccc(F)cc1. The third-order valence-corrected chi connectivity index (χ3v) is 4.82. The van der Waals surface area contributed by atoms with Crippen molar-refractivity contribution in [3.05, 3.63) is 53.8 Å². The van der Waals surface area contributed by atoms with Crippen LogP contribution in [-0.4, -0.2) is 18.8 Å². The van der Waals surface area contributed by atoms with E-state index in [2.05, 4.69) is 11.0 Å². The molecule has 2 aromatic carbocycles. The number of hydrogen-bond acceptors (Lipinski definition) is 3. The Balaban J connectivity index is 1.62. The van der Waals surface area contributed by atoms with E-state index in [0.29, 0.717) is 0 Å². The Kier molecular flexibility index (Phi) is 4.34. The number of nitrogen functional groups attached to an aromatic ring is 1. The van der Waals surface area contributed by atoms with Gasteiger partial charge in [0.1, 0.15) is 5.82 Å². The Hall–Kier alpha value is -1.68. The van der Waals surface area contributed by atoms with E-state index in [1.54, 1.807) is 11.8 Å². The number of thioether (sulfide) groups is 1. The molecule has 2 N–H and O–H groups in total. The zero-order valence-electron chi connectivity index (χ0n) is 11.9. The van der Waals surface area contributed by atoms with Gasteiger partial charge in [-0.25, -0.2) is 4.39 Å². The largest absolute Gasteiger partial charge is 0.398 e. The summed E-state index contributed by atoms with van der Waals surface area (Å²) < 4.78 is 12.9. The molecule has 3 rings (SSSR count). The van der Waals surface area contributed by atoms with Gasteiger partial charge in [0.15, 0.2) is 0 Å². The third-order valence-electron chi connectivity index (χ3n) is 3.83. The van der Waals surface area contributed by atoms with Crippen molar-refractivity contribution in [1.82, 2.24) is 0 Å². The molecule has 0 radical (unpaired) electrons. The van der Waals surface area contributed by atoms with E-state index in [-0.39, 0.29) is 5.82 Å². The summed E-state index contributed by atoms with van der Waals surface area (Å²) in [6.45, 7) is 2.07. The number of nitrogens with zero attached hydrogens (tertiary/aromatic N) is 1. The van der Waals surface area contributed by atoms with Crippen LogP contribution in [0.4, 0.5) is 15.8 Å². The van der Waals surface area contributed by atoms with Crippen molar-refractivity contribution in [2.24, 2.45) is 0 Å². The second kappa shape index (κ2) is 6.39. The van der Waals surface area contributed by atoms with Gasteiger partial charge < -0.3 is 10.6 Å². The molecule has 0 atom stereocenters. The first-order valence-electron chi connectivity index (χ1n) is 7.25. The van der Waals surface area contributed by atoms with E-state index >= 15 is 0 Å². The highest BCUT2D eigenvalue weighted by Gasteiger charge is 2.17. The number of rotatable bonds is 4. The van der Waals surface area contributed by atoms with Crippen LogP contribution in [-0.2, 0) is 6.42 Å². The van der Waals surface area contributed by atoms with Gasteiger partial charge in [0.25, 0.3) is 0 Å². The standard InChI is InChI=1S/C17H19FN2S/c18-13-6-8-14(9-7-13)21-12-11-20-10-2-3-15-16(19)4-1-5-17(15)20/h1,4-9H,2-3,10-12,19H2. The van der Waals surface area contributed by atoms with Gasteiger partial charge >= 0.3 is 0 Å². The van der Waals surface area contributed by atoms with Crippen LogP contribution in [0.5, 0.6) is 0 Å². The molecule has 0 saturated heterocycles. The number of halogens is 1. The Labute approximate surface area is 129 Å². The zero-order chi connectivity index (χ0) is 14.7. The molecule has 0 aromatic heterocycles. The monoisotopic (exact) mass is 302 g/mol. The Morgan fingerprint density at radius 2 is 1.95 bits per heavy atom. The molecule has 0 unspecified atom stereocenters. The van der Waals surface area contributed by atoms with Crippen LogP contribution in [0.3, 0.4) is 0 Å². The maximum atomic E-state index is 12.9. The second-order valence-electron chi connectivity index (χ2n) is 5.24. The smallest absolute Gasteiger partial charge is 0.123 e. The average molecular weight is 302 g/mol. The molecule has 2 nitrogen and oxygen atoms in total. The fourth-order valence-electron chi connectivity index (χ4n) is 2.76. The lowest BCUT2D eigenvalue weighted by atomic mass is 10.00. The van der Waals surface area contributed by atoms with Crippen molar-refractivity contribution in [3.8, 4) is 0 Å². The van der Waals surface area contributed by atoms with Gasteiger partial charge in [-0.15, -0.1) is 11.8 Å². The number of hydrogen-bond donors (Lipinski definition) is 1. The first-order valence-corrected chi connectivity index (χ1v) is 8.23. The van der Waals surface area contributed by atoms with E-state index in [1.165, 1.54) is 23.4 Å². The second-order valence-corrected chi connectivity index (χ2v) is 6.41. The lowest BCUT2D eigenvalue weighted by Gasteiger charge is -2.32. The van der Waals surface area contributed by atoms with Crippen molar-refractivity contribution in [3.63, 3.8) is 0 Å². The van der Waals surface area contributed by atoms with Crippen LogP contribution in [0.15, 0.2) is 47.4 Å². The summed E-state index contributed by atoms with van der Waals surface area (Å²) in [5.41, 5.74) is 9.54. The predicted molar refractivity (Wildman–Crippen MR) is 88.5 cm³/mol. The number of nitrogens with two attached hydrogens (primary N) is 1. The quantitative estimate of drug-likeness (QED) is 0.685. The maximum absolute atomic E-state index is 12.9. The Bertz CT molecular complexity index is 613. The van der Waals surface area contributed by atoms with Crippen molar-refractivity contribution in [2.75, 3.05) is 29.5 Å². The minimum Gasteiger partial charge on any atom is -0.398 e. The van der Waals surface area contributed by atoms with Crippen molar-refractivity contribution < 1.29 is 4.39 Å². The third kappa shape index (κ3) is 3.32. The fourth-order valence-corrected chi connectivity index (χ4v) is 3.64. The van der Waals surface area contributed by atoms with Crippen molar-refractivity contribution >= 4 is 23.1 Å². The molecule has 0 bridgehead atoms. The van der Waals surface area contributed by atoms with Crippen molar-refractivity contribution in [2.45, 2.75) is 17.7 Å². The van der Waals surface area contributed by atoms with Crippen LogP contribution >= 0.6 is 11.8 Å². The predicted octanol–water partition coefficient (Wildman–Crippen LogP) is 3.95. The Morgan fingerprint density at radius 3 is 2.76 bits per heavy atom. The molecular weight excluding hydrogens is 283 g/mol. The summed E-state index contributed by atoms with van der Waals surface area (Å²) in [7, 11) is 0. The fraction of sp³-hybridized carbons (Fsp3) is 0.294. The van der Waals surface area contributed by atoms with E-state index in [1.807, 2.05) is 24.3 Å². The van der Waals surface area contributed by atoms with Gasteiger partial charge in [-0.1, -0.05) is 6.07 Å². The minimum atomic E-state index is -0.181. The van der Waals surface area contributed by atoms with E-state index in [4.69, 9.17) is 5.73 Å². The summed E-state index contributed by atoms with van der Waals surface area (Å²) in [5, 5.41) is 0. The van der Waals surface area contributed by atoms with Crippen LogP contribution in [0, 0.1) is 5.82 Å². The van der Waals surface area contributed by atoms with E-state index in [9.17, 15) is 4.39 Å². The molecule has 0 aliphatic carbocycles. The zero-order valence-corrected chi connectivity index (χ0v) is 12.7. The lowest BCUT2D eigenvalue weighted by molar-refractivity contribution is 0.626. The maximum Gasteiger partial charge on any atom is 0.123 e. The van der Waals surface area contributed by atoms with Gasteiger partial charge in [-0.05, 0) is 54.8 Å². The molecule has 0 amide bonds. The van der Waals surface area contributed by atoms with Crippen molar-refractivity contribution in [1.29, 1.82) is 0 Å². The first-order chi connectivity index (χ1) is 10.2. The minimum absolute atomic E-state index is 0.181. The number of fused-ring (bicyclic) bond motifs is 1. The molecule has 4 heteroatoms. The highest BCUT2D eigenvalue weighted by molar-refractivity contribution is 7.99. The lowest BCUT2D eigenvalue weighted by Crippen LogP contribution is -2.31. The molecule has 0 fully saturated rings. The first kappa shape index (κ1) is 14.3. The average Bonchev–Trinajstić information content (AvgIpc) is 2.50. The van der Waals surface area contributed by atoms with Gasteiger partial charge in [0.05, 0.1) is 0 Å². The highest BCUT2D eigenvalue weighted by atomic mass is 32.2. The summed E-state index contributed by atoms with van der Waals surface area (Å²) in [6, 6.07) is 12.9. The summed E-state index contributed by atoms with van der Waals surface area (Å²) in [4.78, 5) is 3.52. The molecule has 1 aliphatic heterocycles. The summed E-state index contributed by atoms with van der Waals surface area (Å²) in [5.74, 6) is 0.805.